The Labute approximate surface area is 162 Å². The van der Waals surface area contributed by atoms with Crippen LogP contribution in [0, 0.1) is 0 Å². The Morgan fingerprint density at radius 1 is 0.889 bits per heavy atom. The smallest absolute Gasteiger partial charge is 0.244 e. The topological polar surface area (TPSA) is 66.5 Å². The highest BCUT2D eigenvalue weighted by Gasteiger charge is 2.34. The lowest BCUT2D eigenvalue weighted by Crippen LogP contribution is -2.33. The number of carbonyl (C=O) groups excluding carboxylic acids is 1. The molecule has 1 aliphatic rings. The van der Waals surface area contributed by atoms with E-state index in [2.05, 4.69) is 5.32 Å². The summed E-state index contributed by atoms with van der Waals surface area (Å²) in [7, 11) is -3.63. The summed E-state index contributed by atoms with van der Waals surface area (Å²) in [6, 6.07) is 20.2. The highest BCUT2D eigenvalue weighted by molar-refractivity contribution is 7.92. The molecule has 0 bridgehead atoms. The number of rotatable bonds is 3. The first-order valence-electron chi connectivity index (χ1n) is 8.23. The second kappa shape index (κ2) is 6.72. The van der Waals surface area contributed by atoms with Crippen molar-refractivity contribution in [1.29, 1.82) is 0 Å². The van der Waals surface area contributed by atoms with Crippen LogP contribution >= 0.6 is 11.6 Å². The zero-order chi connectivity index (χ0) is 19.0. The molecule has 0 saturated heterocycles. The van der Waals surface area contributed by atoms with Crippen LogP contribution in [0.3, 0.4) is 0 Å². The van der Waals surface area contributed by atoms with E-state index in [1.165, 1.54) is 0 Å². The van der Waals surface area contributed by atoms with E-state index in [4.69, 9.17) is 11.6 Å². The van der Waals surface area contributed by atoms with Gasteiger partial charge >= 0.3 is 0 Å². The lowest BCUT2D eigenvalue weighted by Gasteiger charge is -2.32. The molecule has 0 fully saturated rings. The largest absolute Gasteiger partial charge is 0.330 e. The van der Waals surface area contributed by atoms with E-state index in [9.17, 15) is 13.2 Å². The van der Waals surface area contributed by atoms with Gasteiger partial charge in [-0.2, -0.15) is 0 Å². The van der Waals surface area contributed by atoms with E-state index in [1.807, 2.05) is 0 Å². The molecule has 7 heteroatoms. The maximum Gasteiger partial charge on any atom is 0.244 e. The van der Waals surface area contributed by atoms with E-state index in [0.29, 0.717) is 22.1 Å². The Bertz CT molecular complexity index is 1090. The molecule has 0 radical (unpaired) electrons. The Morgan fingerprint density at radius 2 is 1.48 bits per heavy atom. The number of para-hydroxylation sites is 2. The molecule has 0 aromatic heterocycles. The van der Waals surface area contributed by atoms with E-state index >= 15 is 0 Å². The quantitative estimate of drug-likeness (QED) is 0.715. The fraction of sp³-hybridized carbons (Fsp3) is 0.0500. The van der Waals surface area contributed by atoms with Crippen LogP contribution in [0.25, 0.3) is 0 Å². The van der Waals surface area contributed by atoms with Crippen LogP contribution in [0.1, 0.15) is 0 Å². The highest BCUT2D eigenvalue weighted by Crippen LogP contribution is 2.43. The first-order chi connectivity index (χ1) is 13.0. The first kappa shape index (κ1) is 17.6. The number of carbonyl (C=O) groups is 1. The second-order valence-electron chi connectivity index (χ2n) is 6.08. The molecule has 1 heterocycles. The minimum Gasteiger partial charge on any atom is -0.330 e. The SMILES string of the molecule is O=C(CN1c2ccccc2S(=O)(=O)c2ccccc21)Nc1cccc(Cl)c1. The van der Waals surface area contributed by atoms with E-state index < -0.39 is 9.84 Å². The van der Waals surface area contributed by atoms with E-state index in [1.54, 1.807) is 77.7 Å². The van der Waals surface area contributed by atoms with Crippen LogP contribution in [0.15, 0.2) is 82.6 Å². The van der Waals surface area contributed by atoms with Gasteiger partial charge in [0.2, 0.25) is 15.7 Å². The van der Waals surface area contributed by atoms with Crippen molar-refractivity contribution in [2.24, 2.45) is 0 Å². The predicted octanol–water partition coefficient (Wildman–Crippen LogP) is 4.26. The zero-order valence-corrected chi connectivity index (χ0v) is 15.7. The Morgan fingerprint density at radius 3 is 2.07 bits per heavy atom. The van der Waals surface area contributed by atoms with Gasteiger partial charge in [0.05, 0.1) is 21.2 Å². The predicted molar refractivity (Wildman–Crippen MR) is 105 cm³/mol. The molecular formula is C20H15ClN2O3S. The molecule has 4 rings (SSSR count). The maximum absolute atomic E-state index is 12.9. The molecule has 136 valence electrons. The van der Waals surface area contributed by atoms with Crippen molar-refractivity contribution < 1.29 is 13.2 Å². The van der Waals surface area contributed by atoms with Crippen LogP contribution < -0.4 is 10.2 Å². The minimum atomic E-state index is -3.63. The Balaban J connectivity index is 1.72. The van der Waals surface area contributed by atoms with E-state index in [-0.39, 0.29) is 22.2 Å². The third kappa shape index (κ3) is 3.18. The molecule has 0 spiro atoms. The van der Waals surface area contributed by atoms with Crippen molar-refractivity contribution in [1.82, 2.24) is 0 Å². The third-order valence-corrected chi connectivity index (χ3v) is 6.38. The zero-order valence-electron chi connectivity index (χ0n) is 14.1. The Kier molecular flexibility index (Phi) is 4.37. The summed E-state index contributed by atoms with van der Waals surface area (Å²) < 4.78 is 25.8. The number of nitrogens with zero attached hydrogens (tertiary/aromatic N) is 1. The average molecular weight is 399 g/mol. The molecule has 0 unspecified atom stereocenters. The summed E-state index contributed by atoms with van der Waals surface area (Å²) in [4.78, 5) is 14.7. The van der Waals surface area contributed by atoms with Crippen molar-refractivity contribution in [2.45, 2.75) is 9.79 Å². The summed E-state index contributed by atoms with van der Waals surface area (Å²) in [6.07, 6.45) is 0. The normalized spacial score (nSPS) is 14.2. The lowest BCUT2D eigenvalue weighted by atomic mass is 10.2. The van der Waals surface area contributed by atoms with Crippen molar-refractivity contribution in [3.8, 4) is 0 Å². The molecule has 0 saturated carbocycles. The third-order valence-electron chi connectivity index (χ3n) is 4.30. The number of benzene rings is 3. The minimum absolute atomic E-state index is 0.0317. The number of halogens is 1. The molecule has 3 aromatic carbocycles. The molecule has 1 N–H and O–H groups in total. The van der Waals surface area contributed by atoms with Gasteiger partial charge in [-0.1, -0.05) is 41.9 Å². The van der Waals surface area contributed by atoms with Gasteiger partial charge in [0.25, 0.3) is 0 Å². The number of hydrogen-bond donors (Lipinski definition) is 1. The van der Waals surface area contributed by atoms with Gasteiger partial charge in [-0.3, -0.25) is 4.79 Å². The number of hydrogen-bond acceptors (Lipinski definition) is 4. The van der Waals surface area contributed by atoms with Gasteiger partial charge < -0.3 is 10.2 Å². The van der Waals surface area contributed by atoms with Gasteiger partial charge in [0.15, 0.2) is 0 Å². The summed E-state index contributed by atoms with van der Waals surface area (Å²) in [5, 5.41) is 3.32. The van der Waals surface area contributed by atoms with Crippen molar-refractivity contribution in [3.63, 3.8) is 0 Å². The van der Waals surface area contributed by atoms with Crippen LogP contribution in [-0.4, -0.2) is 20.9 Å². The highest BCUT2D eigenvalue weighted by atomic mass is 35.5. The molecule has 27 heavy (non-hydrogen) atoms. The first-order valence-corrected chi connectivity index (χ1v) is 10.1. The molecule has 1 aliphatic heterocycles. The molecule has 1 amide bonds. The summed E-state index contributed by atoms with van der Waals surface area (Å²) in [5.41, 5.74) is 1.55. The lowest BCUT2D eigenvalue weighted by molar-refractivity contribution is -0.114. The van der Waals surface area contributed by atoms with Crippen molar-refractivity contribution in [3.05, 3.63) is 77.8 Å². The Hall–Kier alpha value is -2.83. The number of sulfone groups is 1. The second-order valence-corrected chi connectivity index (χ2v) is 8.41. The van der Waals surface area contributed by atoms with Gasteiger partial charge in [-0.05, 0) is 42.5 Å². The van der Waals surface area contributed by atoms with Crippen LogP contribution in [0.2, 0.25) is 5.02 Å². The molecule has 0 atom stereocenters. The summed E-state index contributed by atoms with van der Waals surface area (Å²) in [5.74, 6) is -0.277. The summed E-state index contributed by atoms with van der Waals surface area (Å²) in [6.45, 7) is -0.0317. The molecule has 3 aromatic rings. The van der Waals surface area contributed by atoms with Gasteiger partial charge in [-0.25, -0.2) is 8.42 Å². The summed E-state index contributed by atoms with van der Waals surface area (Å²) >= 11 is 5.96. The average Bonchev–Trinajstić information content (AvgIpc) is 2.65. The number of anilines is 3. The molecule has 0 aliphatic carbocycles. The molecular weight excluding hydrogens is 384 g/mol. The molecule has 5 nitrogen and oxygen atoms in total. The number of fused-ring (bicyclic) bond motifs is 2. The van der Waals surface area contributed by atoms with Crippen LogP contribution in [0.4, 0.5) is 17.1 Å². The number of amides is 1. The fourth-order valence-electron chi connectivity index (χ4n) is 3.14. The van der Waals surface area contributed by atoms with Crippen molar-refractivity contribution in [2.75, 3.05) is 16.8 Å². The van der Waals surface area contributed by atoms with Gasteiger partial charge in [-0.15, -0.1) is 0 Å². The maximum atomic E-state index is 12.9. The van der Waals surface area contributed by atoms with Gasteiger partial charge in [0, 0.05) is 10.7 Å². The number of nitrogens with one attached hydrogen (secondary N) is 1. The van der Waals surface area contributed by atoms with Gasteiger partial charge in [0.1, 0.15) is 6.54 Å². The van der Waals surface area contributed by atoms with E-state index in [0.717, 1.165) is 0 Å². The fourth-order valence-corrected chi connectivity index (χ4v) is 4.99. The van der Waals surface area contributed by atoms with Crippen LogP contribution in [0.5, 0.6) is 0 Å². The van der Waals surface area contributed by atoms with Crippen LogP contribution in [-0.2, 0) is 14.6 Å². The standard InChI is InChI=1S/C20H15ClN2O3S/c21-14-6-5-7-15(12-14)22-20(24)13-23-16-8-1-3-10-18(16)27(25,26)19-11-4-2-9-17(19)23/h1-12H,13H2,(H,22,24). The monoisotopic (exact) mass is 398 g/mol. The van der Waals surface area contributed by atoms with Crippen molar-refractivity contribution >= 4 is 44.4 Å².